The van der Waals surface area contributed by atoms with Crippen molar-refractivity contribution >= 4 is 0 Å². The van der Waals surface area contributed by atoms with Gasteiger partial charge in [-0.1, -0.05) is 24.3 Å². The zero-order valence-electron chi connectivity index (χ0n) is 11.6. The molecule has 1 aromatic rings. The van der Waals surface area contributed by atoms with Crippen LogP contribution in [-0.2, 0) is 11.2 Å². The van der Waals surface area contributed by atoms with Gasteiger partial charge in [0.15, 0.2) is 0 Å². The van der Waals surface area contributed by atoms with Gasteiger partial charge in [0, 0.05) is 19.3 Å². The van der Waals surface area contributed by atoms with Crippen molar-refractivity contribution in [2.24, 2.45) is 5.92 Å². The Hall–Kier alpha value is -0.860. The molecule has 0 saturated carbocycles. The smallest absolute Gasteiger partial charge is 0.0466 e. The lowest BCUT2D eigenvalue weighted by molar-refractivity contribution is 0.135. The first-order valence-electron chi connectivity index (χ1n) is 7.19. The van der Waals surface area contributed by atoms with E-state index in [-0.39, 0.29) is 0 Å². The van der Waals surface area contributed by atoms with Crippen LogP contribution in [0.25, 0.3) is 0 Å². The quantitative estimate of drug-likeness (QED) is 0.779. The highest BCUT2D eigenvalue weighted by Crippen LogP contribution is 2.36. The van der Waals surface area contributed by atoms with Crippen LogP contribution >= 0.6 is 0 Å². The standard InChI is InChI=1S/C16H25NO/c1-3-18-12-6-8-14-11-10-13-7-4-5-9-15(13)16(14)17-2/h4-5,7,9,14,16-17H,3,6,8,10-12H2,1-2H3. The lowest BCUT2D eigenvalue weighted by atomic mass is 9.78. The second-order valence-corrected chi connectivity index (χ2v) is 5.10. The van der Waals surface area contributed by atoms with Crippen LogP contribution < -0.4 is 5.32 Å². The van der Waals surface area contributed by atoms with Gasteiger partial charge in [-0.3, -0.25) is 0 Å². The number of fused-ring (bicyclic) bond motifs is 1. The molecule has 1 aliphatic carbocycles. The van der Waals surface area contributed by atoms with Crippen molar-refractivity contribution in [3.63, 3.8) is 0 Å². The average Bonchev–Trinajstić information content (AvgIpc) is 2.43. The molecule has 2 nitrogen and oxygen atoms in total. The molecule has 0 aromatic heterocycles. The van der Waals surface area contributed by atoms with E-state index in [1.165, 1.54) is 36.8 Å². The largest absolute Gasteiger partial charge is 0.382 e. The zero-order chi connectivity index (χ0) is 12.8. The molecular weight excluding hydrogens is 222 g/mol. The molecule has 100 valence electrons. The highest BCUT2D eigenvalue weighted by Gasteiger charge is 2.27. The normalized spacial score (nSPS) is 22.8. The Balaban J connectivity index is 1.97. The highest BCUT2D eigenvalue weighted by atomic mass is 16.5. The molecule has 2 unspecified atom stereocenters. The number of ether oxygens (including phenoxy) is 1. The summed E-state index contributed by atoms with van der Waals surface area (Å²) >= 11 is 0. The molecule has 0 spiro atoms. The summed E-state index contributed by atoms with van der Waals surface area (Å²) < 4.78 is 5.44. The number of hydrogen-bond acceptors (Lipinski definition) is 2. The van der Waals surface area contributed by atoms with Crippen LogP contribution in [0.3, 0.4) is 0 Å². The van der Waals surface area contributed by atoms with Gasteiger partial charge >= 0.3 is 0 Å². The van der Waals surface area contributed by atoms with Crippen molar-refractivity contribution in [2.75, 3.05) is 20.3 Å². The van der Waals surface area contributed by atoms with E-state index in [2.05, 4.69) is 43.6 Å². The second-order valence-electron chi connectivity index (χ2n) is 5.10. The summed E-state index contributed by atoms with van der Waals surface area (Å²) in [5.41, 5.74) is 3.03. The minimum absolute atomic E-state index is 0.525. The van der Waals surface area contributed by atoms with E-state index in [1.807, 2.05) is 0 Å². The van der Waals surface area contributed by atoms with Gasteiger partial charge in [-0.25, -0.2) is 0 Å². The van der Waals surface area contributed by atoms with Crippen molar-refractivity contribution in [1.29, 1.82) is 0 Å². The van der Waals surface area contributed by atoms with Gasteiger partial charge in [-0.2, -0.15) is 0 Å². The molecule has 0 bridgehead atoms. The predicted octanol–water partition coefficient (Wildman–Crippen LogP) is 3.33. The molecule has 18 heavy (non-hydrogen) atoms. The molecular formula is C16H25NO. The Morgan fingerprint density at radius 2 is 2.17 bits per heavy atom. The van der Waals surface area contributed by atoms with Crippen molar-refractivity contribution in [2.45, 2.75) is 38.6 Å². The van der Waals surface area contributed by atoms with Crippen LogP contribution in [-0.4, -0.2) is 20.3 Å². The topological polar surface area (TPSA) is 21.3 Å². The maximum atomic E-state index is 5.44. The van der Waals surface area contributed by atoms with Crippen LogP contribution in [0.1, 0.15) is 43.4 Å². The predicted molar refractivity (Wildman–Crippen MR) is 75.8 cm³/mol. The lowest BCUT2D eigenvalue weighted by Gasteiger charge is -2.33. The van der Waals surface area contributed by atoms with Crippen molar-refractivity contribution in [1.82, 2.24) is 5.32 Å². The molecule has 2 rings (SSSR count). The molecule has 1 N–H and O–H groups in total. The Labute approximate surface area is 111 Å². The third-order valence-electron chi connectivity index (χ3n) is 4.02. The van der Waals surface area contributed by atoms with Crippen LogP contribution in [0.15, 0.2) is 24.3 Å². The van der Waals surface area contributed by atoms with E-state index in [0.29, 0.717) is 6.04 Å². The van der Waals surface area contributed by atoms with Crippen LogP contribution in [0, 0.1) is 5.92 Å². The molecule has 2 heteroatoms. The zero-order valence-corrected chi connectivity index (χ0v) is 11.6. The first-order chi connectivity index (χ1) is 8.86. The second kappa shape index (κ2) is 6.91. The number of hydrogen-bond donors (Lipinski definition) is 1. The third kappa shape index (κ3) is 3.12. The summed E-state index contributed by atoms with van der Waals surface area (Å²) in [7, 11) is 2.09. The fourth-order valence-electron chi connectivity index (χ4n) is 3.12. The lowest BCUT2D eigenvalue weighted by Crippen LogP contribution is -2.30. The van der Waals surface area contributed by atoms with Crippen molar-refractivity contribution < 1.29 is 4.74 Å². The van der Waals surface area contributed by atoms with E-state index in [4.69, 9.17) is 4.74 Å². The van der Waals surface area contributed by atoms with Crippen LogP contribution in [0.5, 0.6) is 0 Å². The van der Waals surface area contributed by atoms with Crippen LogP contribution in [0.2, 0.25) is 0 Å². The van der Waals surface area contributed by atoms with Gasteiger partial charge in [0.1, 0.15) is 0 Å². The van der Waals surface area contributed by atoms with Gasteiger partial charge in [0.2, 0.25) is 0 Å². The molecule has 2 atom stereocenters. The maximum Gasteiger partial charge on any atom is 0.0466 e. The Morgan fingerprint density at radius 3 is 2.94 bits per heavy atom. The summed E-state index contributed by atoms with van der Waals surface area (Å²) in [6, 6.07) is 9.39. The number of rotatable bonds is 6. The number of benzene rings is 1. The average molecular weight is 247 g/mol. The van der Waals surface area contributed by atoms with Gasteiger partial charge in [0.25, 0.3) is 0 Å². The van der Waals surface area contributed by atoms with E-state index < -0.39 is 0 Å². The van der Waals surface area contributed by atoms with Gasteiger partial charge < -0.3 is 10.1 Å². The third-order valence-corrected chi connectivity index (χ3v) is 4.02. The van der Waals surface area contributed by atoms with E-state index in [1.54, 1.807) is 0 Å². The molecule has 0 aliphatic heterocycles. The Kier molecular flexibility index (Phi) is 5.21. The Bertz CT molecular complexity index is 364. The van der Waals surface area contributed by atoms with Gasteiger partial charge in [0.05, 0.1) is 0 Å². The minimum Gasteiger partial charge on any atom is -0.382 e. The van der Waals surface area contributed by atoms with E-state index >= 15 is 0 Å². The fourth-order valence-corrected chi connectivity index (χ4v) is 3.12. The van der Waals surface area contributed by atoms with Crippen molar-refractivity contribution in [3.8, 4) is 0 Å². The molecule has 0 fully saturated rings. The first-order valence-corrected chi connectivity index (χ1v) is 7.19. The van der Waals surface area contributed by atoms with Crippen LogP contribution in [0.4, 0.5) is 0 Å². The first kappa shape index (κ1) is 13.6. The molecule has 0 amide bonds. The molecule has 1 aromatic carbocycles. The van der Waals surface area contributed by atoms with E-state index in [9.17, 15) is 0 Å². The molecule has 0 saturated heterocycles. The van der Waals surface area contributed by atoms with Gasteiger partial charge in [-0.15, -0.1) is 0 Å². The molecule has 1 aliphatic rings. The minimum atomic E-state index is 0.525. The maximum absolute atomic E-state index is 5.44. The summed E-state index contributed by atoms with van der Waals surface area (Å²) in [5, 5.41) is 3.51. The number of nitrogens with one attached hydrogen (secondary N) is 1. The van der Waals surface area contributed by atoms with E-state index in [0.717, 1.165) is 19.1 Å². The number of aryl methyl sites for hydroxylation is 1. The summed E-state index contributed by atoms with van der Waals surface area (Å²) in [4.78, 5) is 0. The van der Waals surface area contributed by atoms with Gasteiger partial charge in [-0.05, 0) is 56.7 Å². The molecule has 0 radical (unpaired) electrons. The van der Waals surface area contributed by atoms with Crippen molar-refractivity contribution in [3.05, 3.63) is 35.4 Å². The highest BCUT2D eigenvalue weighted by molar-refractivity contribution is 5.32. The summed E-state index contributed by atoms with van der Waals surface area (Å²) in [6.45, 7) is 3.81. The SMILES string of the molecule is CCOCCCC1CCc2ccccc2C1NC. The monoisotopic (exact) mass is 247 g/mol. The Morgan fingerprint density at radius 1 is 1.33 bits per heavy atom. The summed E-state index contributed by atoms with van der Waals surface area (Å²) in [6.07, 6.45) is 4.97. The fraction of sp³-hybridized carbons (Fsp3) is 0.625. The molecule has 0 heterocycles. The summed E-state index contributed by atoms with van der Waals surface area (Å²) in [5.74, 6) is 0.755.